The SMILES string of the molecule is CC(C)OC[C@@H](O)CN1C(=O)C[C@](C)(c2ccccc2)C1=O. The summed E-state index contributed by atoms with van der Waals surface area (Å²) in [5, 5.41) is 9.96. The fourth-order valence-electron chi connectivity index (χ4n) is 2.67. The first-order valence-electron chi connectivity index (χ1n) is 7.54. The average molecular weight is 305 g/mol. The van der Waals surface area contributed by atoms with E-state index < -0.39 is 11.5 Å². The van der Waals surface area contributed by atoms with Gasteiger partial charge in [0.15, 0.2) is 0 Å². The van der Waals surface area contributed by atoms with Crippen LogP contribution in [0.5, 0.6) is 0 Å². The highest BCUT2D eigenvalue weighted by molar-refractivity contribution is 6.08. The molecule has 2 amide bonds. The van der Waals surface area contributed by atoms with Gasteiger partial charge in [-0.05, 0) is 26.3 Å². The van der Waals surface area contributed by atoms with Crippen LogP contribution in [0.15, 0.2) is 30.3 Å². The molecule has 5 nitrogen and oxygen atoms in total. The number of amides is 2. The Morgan fingerprint density at radius 2 is 1.91 bits per heavy atom. The second-order valence-electron chi connectivity index (χ2n) is 6.22. The largest absolute Gasteiger partial charge is 0.389 e. The zero-order chi connectivity index (χ0) is 16.3. The Morgan fingerprint density at radius 1 is 1.27 bits per heavy atom. The highest BCUT2D eigenvalue weighted by Gasteiger charge is 2.49. The predicted molar refractivity (Wildman–Crippen MR) is 82.2 cm³/mol. The molecule has 0 radical (unpaired) electrons. The van der Waals surface area contributed by atoms with Crippen LogP contribution in [0.1, 0.15) is 32.8 Å². The molecule has 2 atom stereocenters. The van der Waals surface area contributed by atoms with Gasteiger partial charge < -0.3 is 9.84 Å². The van der Waals surface area contributed by atoms with Crippen molar-refractivity contribution in [1.29, 1.82) is 0 Å². The van der Waals surface area contributed by atoms with E-state index >= 15 is 0 Å². The van der Waals surface area contributed by atoms with Gasteiger partial charge in [0.25, 0.3) is 0 Å². The van der Waals surface area contributed by atoms with Crippen molar-refractivity contribution in [3.63, 3.8) is 0 Å². The molecular weight excluding hydrogens is 282 g/mol. The summed E-state index contributed by atoms with van der Waals surface area (Å²) >= 11 is 0. The molecule has 1 aromatic carbocycles. The lowest BCUT2D eigenvalue weighted by Gasteiger charge is -2.24. The molecule has 0 saturated carbocycles. The number of benzene rings is 1. The van der Waals surface area contributed by atoms with Crippen LogP contribution in [-0.2, 0) is 19.7 Å². The number of ether oxygens (including phenoxy) is 1. The predicted octanol–water partition coefficient (Wildman–Crippen LogP) is 1.49. The number of carbonyl (C=O) groups is 2. The third kappa shape index (κ3) is 3.36. The van der Waals surface area contributed by atoms with E-state index in [1.54, 1.807) is 6.92 Å². The Morgan fingerprint density at radius 3 is 2.50 bits per heavy atom. The van der Waals surface area contributed by atoms with E-state index in [-0.39, 0.29) is 37.5 Å². The minimum atomic E-state index is -0.867. The smallest absolute Gasteiger partial charge is 0.240 e. The summed E-state index contributed by atoms with van der Waals surface area (Å²) in [6.07, 6.45) is -0.740. The number of β-amino-alcohol motifs (C(OH)–C–C–N with tert-alkyl or cyclic N) is 1. The van der Waals surface area contributed by atoms with Crippen LogP contribution in [0, 0.1) is 0 Å². The first-order chi connectivity index (χ1) is 10.3. The molecular formula is C17H23NO4. The number of nitrogens with zero attached hydrogens (tertiary/aromatic N) is 1. The van der Waals surface area contributed by atoms with Crippen molar-refractivity contribution in [2.24, 2.45) is 0 Å². The standard InChI is InChI=1S/C17H23NO4/c1-12(2)22-11-14(19)10-18-15(20)9-17(3,16(18)21)13-7-5-4-6-8-13/h4-8,12,14,19H,9-11H2,1-3H3/t14-,17+/m0/s1. The molecule has 1 N–H and O–H groups in total. The maximum absolute atomic E-state index is 12.7. The van der Waals surface area contributed by atoms with E-state index in [2.05, 4.69) is 0 Å². The molecule has 1 fully saturated rings. The van der Waals surface area contributed by atoms with E-state index in [1.807, 2.05) is 44.2 Å². The number of hydrogen-bond donors (Lipinski definition) is 1. The summed E-state index contributed by atoms with van der Waals surface area (Å²) in [6.45, 7) is 5.60. The van der Waals surface area contributed by atoms with Crippen molar-refractivity contribution >= 4 is 11.8 Å². The highest BCUT2D eigenvalue weighted by Crippen LogP contribution is 2.36. The third-order valence-corrected chi connectivity index (χ3v) is 3.95. The minimum absolute atomic E-state index is 0.00536. The summed E-state index contributed by atoms with van der Waals surface area (Å²) in [5.74, 6) is -0.507. The van der Waals surface area contributed by atoms with Crippen molar-refractivity contribution in [2.45, 2.75) is 44.8 Å². The molecule has 22 heavy (non-hydrogen) atoms. The van der Waals surface area contributed by atoms with Gasteiger partial charge in [0.1, 0.15) is 0 Å². The molecule has 0 bridgehead atoms. The molecule has 120 valence electrons. The maximum atomic E-state index is 12.7. The van der Waals surface area contributed by atoms with Gasteiger partial charge in [-0.3, -0.25) is 14.5 Å². The fraction of sp³-hybridized carbons (Fsp3) is 0.529. The lowest BCUT2D eigenvalue weighted by molar-refractivity contribution is -0.142. The molecule has 5 heteroatoms. The van der Waals surface area contributed by atoms with Crippen molar-refractivity contribution in [2.75, 3.05) is 13.2 Å². The number of aliphatic hydroxyl groups excluding tert-OH is 1. The summed E-state index contributed by atoms with van der Waals surface area (Å²) in [5.41, 5.74) is -0.0273. The second kappa shape index (κ2) is 6.58. The Kier molecular flexibility index (Phi) is 4.98. The van der Waals surface area contributed by atoms with Crippen LogP contribution >= 0.6 is 0 Å². The summed E-state index contributed by atoms with van der Waals surface area (Å²) in [4.78, 5) is 26.0. The summed E-state index contributed by atoms with van der Waals surface area (Å²) < 4.78 is 5.32. The van der Waals surface area contributed by atoms with E-state index in [1.165, 1.54) is 0 Å². The molecule has 1 aliphatic heterocycles. The quantitative estimate of drug-likeness (QED) is 0.809. The lowest BCUT2D eigenvalue weighted by Crippen LogP contribution is -2.42. The first-order valence-corrected chi connectivity index (χ1v) is 7.54. The molecule has 0 unspecified atom stereocenters. The van der Waals surface area contributed by atoms with E-state index in [0.29, 0.717) is 0 Å². The number of likely N-dealkylation sites (tertiary alicyclic amines) is 1. The average Bonchev–Trinajstić information content (AvgIpc) is 2.70. The van der Waals surface area contributed by atoms with Crippen molar-refractivity contribution in [1.82, 2.24) is 4.90 Å². The molecule has 0 spiro atoms. The van der Waals surface area contributed by atoms with Gasteiger partial charge in [-0.15, -0.1) is 0 Å². The number of rotatable bonds is 6. The normalized spacial score (nSPS) is 23.4. The lowest BCUT2D eigenvalue weighted by atomic mass is 9.81. The molecule has 1 aromatic rings. The van der Waals surface area contributed by atoms with E-state index in [0.717, 1.165) is 10.5 Å². The molecule has 2 rings (SSSR count). The topological polar surface area (TPSA) is 66.8 Å². The van der Waals surface area contributed by atoms with Crippen molar-refractivity contribution < 1.29 is 19.4 Å². The number of hydrogen-bond acceptors (Lipinski definition) is 4. The van der Waals surface area contributed by atoms with Crippen LogP contribution in [0.4, 0.5) is 0 Å². The van der Waals surface area contributed by atoms with Crippen molar-refractivity contribution in [3.05, 3.63) is 35.9 Å². The van der Waals surface area contributed by atoms with Gasteiger partial charge >= 0.3 is 0 Å². The minimum Gasteiger partial charge on any atom is -0.389 e. The maximum Gasteiger partial charge on any atom is 0.240 e. The van der Waals surface area contributed by atoms with Gasteiger partial charge in [0.05, 0.1) is 30.8 Å². The zero-order valence-electron chi connectivity index (χ0n) is 13.3. The van der Waals surface area contributed by atoms with Crippen LogP contribution in [-0.4, -0.2) is 47.2 Å². The zero-order valence-corrected chi connectivity index (χ0v) is 13.3. The Labute approximate surface area is 130 Å². The number of aliphatic hydroxyl groups is 1. The van der Waals surface area contributed by atoms with Gasteiger partial charge in [0.2, 0.25) is 11.8 Å². The Bertz CT molecular complexity index is 543. The van der Waals surface area contributed by atoms with Crippen molar-refractivity contribution in [3.8, 4) is 0 Å². The van der Waals surface area contributed by atoms with Gasteiger partial charge in [-0.1, -0.05) is 30.3 Å². The molecule has 0 aromatic heterocycles. The molecule has 0 aliphatic carbocycles. The second-order valence-corrected chi connectivity index (χ2v) is 6.22. The fourth-order valence-corrected chi connectivity index (χ4v) is 2.67. The van der Waals surface area contributed by atoms with Gasteiger partial charge in [0, 0.05) is 6.42 Å². The summed E-state index contributed by atoms with van der Waals surface area (Å²) in [6, 6.07) is 9.29. The van der Waals surface area contributed by atoms with Crippen LogP contribution in [0.25, 0.3) is 0 Å². The van der Waals surface area contributed by atoms with Gasteiger partial charge in [-0.25, -0.2) is 0 Å². The Balaban J connectivity index is 2.09. The van der Waals surface area contributed by atoms with Crippen LogP contribution in [0.2, 0.25) is 0 Å². The van der Waals surface area contributed by atoms with E-state index in [4.69, 9.17) is 4.74 Å². The molecule has 1 aliphatic rings. The van der Waals surface area contributed by atoms with E-state index in [9.17, 15) is 14.7 Å². The third-order valence-electron chi connectivity index (χ3n) is 3.95. The van der Waals surface area contributed by atoms with Crippen LogP contribution < -0.4 is 0 Å². The Hall–Kier alpha value is -1.72. The van der Waals surface area contributed by atoms with Crippen LogP contribution in [0.3, 0.4) is 0 Å². The number of carbonyl (C=O) groups excluding carboxylic acids is 2. The monoisotopic (exact) mass is 305 g/mol. The highest BCUT2D eigenvalue weighted by atomic mass is 16.5. The van der Waals surface area contributed by atoms with Gasteiger partial charge in [-0.2, -0.15) is 0 Å². The first kappa shape index (κ1) is 16.6. The number of imide groups is 1. The molecule has 1 heterocycles. The molecule has 1 saturated heterocycles. The summed E-state index contributed by atoms with van der Waals surface area (Å²) in [7, 11) is 0.